The number of ketones is 1. The minimum Gasteiger partial charge on any atom is -0.338 e. The van der Waals surface area contributed by atoms with Crippen LogP contribution in [0.15, 0.2) is 30.6 Å². The van der Waals surface area contributed by atoms with E-state index in [-0.39, 0.29) is 24.1 Å². The molecule has 1 aromatic carbocycles. The molecule has 5 rings (SSSR count). The SMILES string of the molecule is CC(=O)c1nn(CC(=O)N2CC3CCC2C3)c2ccc(-c3cnc(C#N)nc3)cc12. The molecule has 1 saturated carbocycles. The summed E-state index contributed by atoms with van der Waals surface area (Å²) in [6.45, 7) is 2.45. The maximum absolute atomic E-state index is 12.9. The third-order valence-corrected chi connectivity index (χ3v) is 6.18. The lowest BCUT2D eigenvalue weighted by Gasteiger charge is -2.27. The molecule has 1 aliphatic carbocycles. The molecule has 1 saturated heterocycles. The maximum Gasteiger partial charge on any atom is 0.244 e. The maximum atomic E-state index is 12.9. The zero-order valence-corrected chi connectivity index (χ0v) is 16.6. The van der Waals surface area contributed by atoms with Crippen molar-refractivity contribution in [3.8, 4) is 17.2 Å². The van der Waals surface area contributed by atoms with Crippen LogP contribution in [-0.4, -0.2) is 48.9 Å². The Morgan fingerprint density at radius 1 is 1.20 bits per heavy atom. The number of hydrogen-bond donors (Lipinski definition) is 0. The lowest BCUT2D eigenvalue weighted by Crippen LogP contribution is -2.39. The first kappa shape index (κ1) is 18.4. The van der Waals surface area contributed by atoms with Gasteiger partial charge in [0.2, 0.25) is 11.7 Å². The topological polar surface area (TPSA) is 105 Å². The Morgan fingerprint density at radius 3 is 2.63 bits per heavy atom. The number of nitriles is 1. The van der Waals surface area contributed by atoms with Crippen molar-refractivity contribution in [3.05, 3.63) is 42.1 Å². The molecule has 3 aromatic rings. The van der Waals surface area contributed by atoms with Gasteiger partial charge in [0.1, 0.15) is 18.3 Å². The smallest absolute Gasteiger partial charge is 0.244 e. The van der Waals surface area contributed by atoms with Crippen molar-refractivity contribution in [1.82, 2.24) is 24.6 Å². The van der Waals surface area contributed by atoms with Gasteiger partial charge in [-0.25, -0.2) is 9.97 Å². The van der Waals surface area contributed by atoms with Crippen molar-refractivity contribution in [2.24, 2.45) is 5.92 Å². The fraction of sp³-hybridized carbons (Fsp3) is 0.364. The Labute approximate surface area is 173 Å². The van der Waals surface area contributed by atoms with Crippen molar-refractivity contribution in [2.75, 3.05) is 6.54 Å². The molecule has 2 atom stereocenters. The number of carbonyl (C=O) groups is 2. The average Bonchev–Trinajstić information content (AvgIpc) is 3.48. The number of piperidine rings is 1. The van der Waals surface area contributed by atoms with E-state index < -0.39 is 0 Å². The van der Waals surface area contributed by atoms with Gasteiger partial charge in [-0.2, -0.15) is 10.4 Å². The first-order valence-corrected chi connectivity index (χ1v) is 10.1. The molecule has 0 N–H and O–H groups in total. The highest BCUT2D eigenvalue weighted by Crippen LogP contribution is 2.37. The number of likely N-dealkylation sites (tertiary alicyclic amines) is 1. The van der Waals surface area contributed by atoms with E-state index in [0.29, 0.717) is 23.0 Å². The summed E-state index contributed by atoms with van der Waals surface area (Å²) < 4.78 is 1.64. The standard InChI is InChI=1S/C22H20N6O2/c1-13(29)22-18-7-15(16-9-24-20(8-23)25-10-16)3-5-19(18)28(26-22)12-21(30)27-11-14-2-4-17(27)6-14/h3,5,7,9-10,14,17H,2,4,6,11-12H2,1H3. The number of fused-ring (bicyclic) bond motifs is 3. The minimum atomic E-state index is -0.153. The van der Waals surface area contributed by atoms with E-state index in [4.69, 9.17) is 5.26 Å². The zero-order chi connectivity index (χ0) is 20.8. The molecule has 8 nitrogen and oxygen atoms in total. The van der Waals surface area contributed by atoms with Crippen LogP contribution < -0.4 is 0 Å². The predicted molar refractivity (Wildman–Crippen MR) is 108 cm³/mol. The molecule has 3 heterocycles. The molecular formula is C22H20N6O2. The van der Waals surface area contributed by atoms with Crippen LogP contribution in [-0.2, 0) is 11.3 Å². The van der Waals surface area contributed by atoms with Gasteiger partial charge in [0.05, 0.1) is 5.52 Å². The molecular weight excluding hydrogens is 380 g/mol. The second-order valence-corrected chi connectivity index (χ2v) is 8.08. The van der Waals surface area contributed by atoms with Gasteiger partial charge in [0, 0.05) is 42.9 Å². The van der Waals surface area contributed by atoms with Crippen LogP contribution >= 0.6 is 0 Å². The number of aromatic nitrogens is 4. The third kappa shape index (κ3) is 3.03. The highest BCUT2D eigenvalue weighted by atomic mass is 16.2. The summed E-state index contributed by atoms with van der Waals surface area (Å²) in [4.78, 5) is 35.1. The highest BCUT2D eigenvalue weighted by Gasteiger charge is 2.40. The summed E-state index contributed by atoms with van der Waals surface area (Å²) in [6, 6.07) is 7.88. The number of benzene rings is 1. The van der Waals surface area contributed by atoms with Crippen molar-refractivity contribution >= 4 is 22.6 Å². The van der Waals surface area contributed by atoms with E-state index in [9.17, 15) is 9.59 Å². The van der Waals surface area contributed by atoms with E-state index in [1.54, 1.807) is 17.1 Å². The van der Waals surface area contributed by atoms with Crippen molar-refractivity contribution in [1.29, 1.82) is 5.26 Å². The number of amides is 1. The number of Topliss-reactive ketones (excluding diaryl/α,β-unsaturated/α-hetero) is 1. The van der Waals surface area contributed by atoms with Gasteiger partial charge in [-0.15, -0.1) is 0 Å². The zero-order valence-electron chi connectivity index (χ0n) is 16.6. The third-order valence-electron chi connectivity index (χ3n) is 6.18. The number of carbonyl (C=O) groups excluding carboxylic acids is 2. The van der Waals surface area contributed by atoms with E-state index in [1.165, 1.54) is 13.3 Å². The van der Waals surface area contributed by atoms with Gasteiger partial charge in [0.15, 0.2) is 5.78 Å². The number of nitrogens with zero attached hydrogens (tertiary/aromatic N) is 6. The first-order chi connectivity index (χ1) is 14.5. The molecule has 150 valence electrons. The normalized spacial score (nSPS) is 19.9. The van der Waals surface area contributed by atoms with Crippen LogP contribution in [0.25, 0.3) is 22.0 Å². The van der Waals surface area contributed by atoms with E-state index >= 15 is 0 Å². The summed E-state index contributed by atoms with van der Waals surface area (Å²) in [5.74, 6) is 0.649. The van der Waals surface area contributed by atoms with E-state index in [1.807, 2.05) is 29.2 Å². The van der Waals surface area contributed by atoms with Gasteiger partial charge < -0.3 is 4.90 Å². The molecule has 0 spiro atoms. The Balaban J connectivity index is 1.49. The van der Waals surface area contributed by atoms with Gasteiger partial charge in [-0.1, -0.05) is 6.07 Å². The lowest BCUT2D eigenvalue weighted by atomic mass is 10.0. The van der Waals surface area contributed by atoms with Crippen LogP contribution in [0.5, 0.6) is 0 Å². The van der Waals surface area contributed by atoms with Crippen molar-refractivity contribution in [3.63, 3.8) is 0 Å². The van der Waals surface area contributed by atoms with Crippen LogP contribution in [0.2, 0.25) is 0 Å². The molecule has 0 radical (unpaired) electrons. The van der Waals surface area contributed by atoms with Gasteiger partial charge in [-0.05, 0) is 42.9 Å². The highest BCUT2D eigenvalue weighted by molar-refractivity contribution is 6.06. The van der Waals surface area contributed by atoms with Crippen molar-refractivity contribution in [2.45, 2.75) is 38.8 Å². The number of rotatable bonds is 4. The summed E-state index contributed by atoms with van der Waals surface area (Å²) in [5.41, 5.74) is 2.65. The monoisotopic (exact) mass is 400 g/mol. The van der Waals surface area contributed by atoms with E-state index in [0.717, 1.165) is 36.0 Å². The molecule has 2 unspecified atom stereocenters. The van der Waals surface area contributed by atoms with Crippen LogP contribution in [0.3, 0.4) is 0 Å². The average molecular weight is 400 g/mol. The molecule has 2 fully saturated rings. The molecule has 1 aliphatic heterocycles. The van der Waals surface area contributed by atoms with Crippen LogP contribution in [0.1, 0.15) is 42.5 Å². The van der Waals surface area contributed by atoms with Gasteiger partial charge in [0.25, 0.3) is 0 Å². The van der Waals surface area contributed by atoms with E-state index in [2.05, 4.69) is 15.1 Å². The molecule has 8 heteroatoms. The minimum absolute atomic E-state index is 0.0614. The molecule has 2 aromatic heterocycles. The molecule has 30 heavy (non-hydrogen) atoms. The Kier molecular flexibility index (Phi) is 4.31. The summed E-state index contributed by atoms with van der Waals surface area (Å²) in [7, 11) is 0. The Hall–Kier alpha value is -3.60. The molecule has 1 amide bonds. The Morgan fingerprint density at radius 2 is 2.00 bits per heavy atom. The largest absolute Gasteiger partial charge is 0.338 e. The number of hydrogen-bond acceptors (Lipinski definition) is 6. The quantitative estimate of drug-likeness (QED) is 0.624. The van der Waals surface area contributed by atoms with Crippen LogP contribution in [0, 0.1) is 17.2 Å². The fourth-order valence-corrected chi connectivity index (χ4v) is 4.72. The van der Waals surface area contributed by atoms with Crippen molar-refractivity contribution < 1.29 is 9.59 Å². The summed E-state index contributed by atoms with van der Waals surface area (Å²) >= 11 is 0. The van der Waals surface area contributed by atoms with Gasteiger partial charge >= 0.3 is 0 Å². The Bertz CT molecular complexity index is 1210. The predicted octanol–water partition coefficient (Wildman–Crippen LogP) is 2.58. The second kappa shape index (κ2) is 7.02. The second-order valence-electron chi connectivity index (χ2n) is 8.08. The van der Waals surface area contributed by atoms with Gasteiger partial charge in [-0.3, -0.25) is 14.3 Å². The fourth-order valence-electron chi connectivity index (χ4n) is 4.72. The molecule has 2 bridgehead atoms. The first-order valence-electron chi connectivity index (χ1n) is 10.1. The summed E-state index contributed by atoms with van der Waals surface area (Å²) in [6.07, 6.45) is 6.58. The van der Waals surface area contributed by atoms with Crippen LogP contribution in [0.4, 0.5) is 0 Å². The summed E-state index contributed by atoms with van der Waals surface area (Å²) in [5, 5.41) is 14.0. The molecule has 2 aliphatic rings. The lowest BCUT2D eigenvalue weighted by molar-refractivity contribution is -0.133.